The smallest absolute Gasteiger partial charge is 0.353 e. The maximum Gasteiger partial charge on any atom is 0.416 e. The van der Waals surface area contributed by atoms with Gasteiger partial charge in [-0.05, 0) is 54.4 Å². The van der Waals surface area contributed by atoms with E-state index in [0.29, 0.717) is 55.5 Å². The Morgan fingerprint density at radius 3 is 2.36 bits per heavy atom. The van der Waals surface area contributed by atoms with Gasteiger partial charge in [0.1, 0.15) is 5.82 Å². The molecule has 4 rings (SSSR count). The lowest BCUT2D eigenvalue weighted by atomic mass is 10.1. The minimum atomic E-state index is -4.50. The number of carbonyl (C=O) groups excluding carboxylic acids is 2. The molecule has 10 heteroatoms. The van der Waals surface area contributed by atoms with Crippen molar-refractivity contribution in [3.05, 3.63) is 94.1 Å². The number of halogens is 4. The highest BCUT2D eigenvalue weighted by atomic mass is 35.5. The Hall–Kier alpha value is -3.59. The van der Waals surface area contributed by atoms with Crippen molar-refractivity contribution in [3.8, 4) is 0 Å². The summed E-state index contributed by atoms with van der Waals surface area (Å²) in [7, 11) is 0. The van der Waals surface area contributed by atoms with Gasteiger partial charge in [0.15, 0.2) is 0 Å². The molecule has 0 saturated carbocycles. The van der Waals surface area contributed by atoms with E-state index < -0.39 is 17.6 Å². The van der Waals surface area contributed by atoms with Crippen molar-refractivity contribution in [2.75, 3.05) is 37.6 Å². The highest BCUT2D eigenvalue weighted by Gasteiger charge is 2.31. The van der Waals surface area contributed by atoms with Crippen LogP contribution >= 0.6 is 11.6 Å². The maximum atomic E-state index is 13.0. The zero-order valence-corrected chi connectivity index (χ0v) is 20.0. The van der Waals surface area contributed by atoms with E-state index in [1.54, 1.807) is 18.2 Å². The van der Waals surface area contributed by atoms with E-state index in [4.69, 9.17) is 11.6 Å². The molecule has 1 N–H and O–H groups in total. The van der Waals surface area contributed by atoms with Crippen LogP contribution in [-0.2, 0) is 12.6 Å². The van der Waals surface area contributed by atoms with Crippen LogP contribution in [0.2, 0.25) is 5.02 Å². The Kier molecular flexibility index (Phi) is 7.79. The third-order valence-corrected chi connectivity index (χ3v) is 6.16. The van der Waals surface area contributed by atoms with Crippen molar-refractivity contribution in [1.29, 1.82) is 0 Å². The average Bonchev–Trinajstić information content (AvgIpc) is 2.88. The van der Waals surface area contributed by atoms with Crippen LogP contribution in [-0.4, -0.2) is 54.4 Å². The van der Waals surface area contributed by atoms with Crippen molar-refractivity contribution < 1.29 is 22.8 Å². The number of carbonyl (C=O) groups is 2. The monoisotopic (exact) mass is 516 g/mol. The molecule has 1 fully saturated rings. The molecule has 1 aliphatic rings. The predicted octanol–water partition coefficient (Wildman–Crippen LogP) is 4.69. The molecule has 1 aromatic heterocycles. The highest BCUT2D eigenvalue weighted by molar-refractivity contribution is 6.30. The lowest BCUT2D eigenvalue weighted by Crippen LogP contribution is -2.49. The SMILES string of the molecule is O=C(NCCc1cccc(Cl)c1)c1ccc(N2CCN(C(=O)c3cccc(C(F)(F)F)c3)CC2)nc1. The van der Waals surface area contributed by atoms with Gasteiger partial charge < -0.3 is 15.1 Å². The summed E-state index contributed by atoms with van der Waals surface area (Å²) in [6.45, 7) is 2.11. The molecular formula is C26H24ClF3N4O2. The standard InChI is InChI=1S/C26H24ClF3N4O2/c27-22-6-1-3-18(15-22)9-10-31-24(35)20-7-8-23(32-17-20)33-11-13-34(14-12-33)25(36)19-4-2-5-21(16-19)26(28,29)30/h1-8,15-17H,9-14H2,(H,31,35). The fraction of sp³-hybridized carbons (Fsp3) is 0.269. The first-order chi connectivity index (χ1) is 17.2. The van der Waals surface area contributed by atoms with Crippen LogP contribution in [0.25, 0.3) is 0 Å². The summed E-state index contributed by atoms with van der Waals surface area (Å²) in [6, 6.07) is 15.4. The molecule has 6 nitrogen and oxygen atoms in total. The first-order valence-electron chi connectivity index (χ1n) is 11.4. The van der Waals surface area contributed by atoms with E-state index in [1.807, 2.05) is 23.1 Å². The second-order valence-electron chi connectivity index (χ2n) is 8.40. The predicted molar refractivity (Wildman–Crippen MR) is 131 cm³/mol. The molecule has 0 atom stereocenters. The van der Waals surface area contributed by atoms with Gasteiger partial charge >= 0.3 is 6.18 Å². The Bertz CT molecular complexity index is 1230. The van der Waals surface area contributed by atoms with Crippen molar-refractivity contribution in [3.63, 3.8) is 0 Å². The second-order valence-corrected chi connectivity index (χ2v) is 8.84. The molecule has 188 valence electrons. The number of rotatable bonds is 6. The number of aromatic nitrogens is 1. The first-order valence-corrected chi connectivity index (χ1v) is 11.8. The largest absolute Gasteiger partial charge is 0.416 e. The molecule has 0 spiro atoms. The number of nitrogens with zero attached hydrogens (tertiary/aromatic N) is 3. The van der Waals surface area contributed by atoms with E-state index in [0.717, 1.165) is 17.7 Å². The van der Waals surface area contributed by atoms with E-state index in [1.165, 1.54) is 23.2 Å². The average molecular weight is 517 g/mol. The van der Waals surface area contributed by atoms with Gasteiger partial charge in [0.05, 0.1) is 11.1 Å². The maximum absolute atomic E-state index is 13.0. The number of anilines is 1. The summed E-state index contributed by atoms with van der Waals surface area (Å²) in [5.74, 6) is 0.00253. The number of hydrogen-bond donors (Lipinski definition) is 1. The number of piperazine rings is 1. The molecule has 3 aromatic rings. The fourth-order valence-electron chi connectivity index (χ4n) is 3.97. The van der Waals surface area contributed by atoms with E-state index in [-0.39, 0.29) is 11.5 Å². The van der Waals surface area contributed by atoms with Gasteiger partial charge in [0.2, 0.25) is 0 Å². The van der Waals surface area contributed by atoms with Crippen LogP contribution in [0.15, 0.2) is 66.9 Å². The number of pyridine rings is 1. The van der Waals surface area contributed by atoms with Gasteiger partial charge in [-0.15, -0.1) is 0 Å². The van der Waals surface area contributed by atoms with Crippen molar-refractivity contribution in [2.24, 2.45) is 0 Å². The third kappa shape index (κ3) is 6.34. The lowest BCUT2D eigenvalue weighted by Gasteiger charge is -2.35. The van der Waals surface area contributed by atoms with Crippen LogP contribution in [0.4, 0.5) is 19.0 Å². The van der Waals surface area contributed by atoms with Crippen LogP contribution < -0.4 is 10.2 Å². The van der Waals surface area contributed by atoms with Crippen LogP contribution in [0.3, 0.4) is 0 Å². The summed E-state index contributed by atoms with van der Waals surface area (Å²) < 4.78 is 38.9. The highest BCUT2D eigenvalue weighted by Crippen LogP contribution is 2.30. The quantitative estimate of drug-likeness (QED) is 0.516. The Morgan fingerprint density at radius 2 is 1.69 bits per heavy atom. The minimum absolute atomic E-state index is 0.0159. The molecule has 0 aliphatic carbocycles. The van der Waals surface area contributed by atoms with Gasteiger partial charge in [0, 0.05) is 49.5 Å². The van der Waals surface area contributed by atoms with Crippen LogP contribution in [0.5, 0.6) is 0 Å². The van der Waals surface area contributed by atoms with Crippen molar-refractivity contribution in [2.45, 2.75) is 12.6 Å². The zero-order valence-electron chi connectivity index (χ0n) is 19.3. The van der Waals surface area contributed by atoms with E-state index in [2.05, 4.69) is 10.3 Å². The summed E-state index contributed by atoms with van der Waals surface area (Å²) >= 11 is 5.98. The van der Waals surface area contributed by atoms with Crippen molar-refractivity contribution >= 4 is 29.2 Å². The van der Waals surface area contributed by atoms with Gasteiger partial charge in [-0.3, -0.25) is 9.59 Å². The minimum Gasteiger partial charge on any atom is -0.353 e. The lowest BCUT2D eigenvalue weighted by molar-refractivity contribution is -0.137. The van der Waals surface area contributed by atoms with Gasteiger partial charge in [-0.2, -0.15) is 13.2 Å². The number of hydrogen-bond acceptors (Lipinski definition) is 4. The molecule has 2 amide bonds. The first kappa shape index (κ1) is 25.5. The van der Waals surface area contributed by atoms with Crippen molar-refractivity contribution in [1.82, 2.24) is 15.2 Å². The van der Waals surface area contributed by atoms with Gasteiger partial charge in [-0.1, -0.05) is 29.8 Å². The molecule has 2 aromatic carbocycles. The molecule has 0 unspecified atom stereocenters. The normalized spacial score (nSPS) is 14.0. The number of benzene rings is 2. The molecular weight excluding hydrogens is 493 g/mol. The summed E-state index contributed by atoms with van der Waals surface area (Å²) in [5, 5.41) is 3.52. The molecule has 1 aliphatic heterocycles. The third-order valence-electron chi connectivity index (χ3n) is 5.93. The Morgan fingerprint density at radius 1 is 0.944 bits per heavy atom. The van der Waals surface area contributed by atoms with Crippen LogP contribution in [0.1, 0.15) is 31.8 Å². The Balaban J connectivity index is 1.28. The van der Waals surface area contributed by atoms with Gasteiger partial charge in [0.25, 0.3) is 11.8 Å². The second kappa shape index (κ2) is 11.0. The molecule has 0 bridgehead atoms. The molecule has 36 heavy (non-hydrogen) atoms. The summed E-state index contributed by atoms with van der Waals surface area (Å²) in [6.07, 6.45) is -2.34. The van der Waals surface area contributed by atoms with Gasteiger partial charge in [-0.25, -0.2) is 4.98 Å². The molecule has 2 heterocycles. The zero-order chi connectivity index (χ0) is 25.7. The molecule has 1 saturated heterocycles. The van der Waals surface area contributed by atoms with E-state index >= 15 is 0 Å². The molecule has 0 radical (unpaired) electrons. The fourth-order valence-corrected chi connectivity index (χ4v) is 4.18. The number of alkyl halides is 3. The van der Waals surface area contributed by atoms with Crippen LogP contribution in [0, 0.1) is 0 Å². The van der Waals surface area contributed by atoms with E-state index in [9.17, 15) is 22.8 Å². The topological polar surface area (TPSA) is 65.5 Å². The summed E-state index contributed by atoms with van der Waals surface area (Å²) in [5.41, 5.74) is 0.636. The Labute approximate surface area is 211 Å². The number of nitrogens with one attached hydrogen (secondary N) is 1. The number of amides is 2. The summed E-state index contributed by atoms with van der Waals surface area (Å²) in [4.78, 5) is 33.0.